The van der Waals surface area contributed by atoms with Gasteiger partial charge in [0.05, 0.1) is 17.7 Å². The van der Waals surface area contributed by atoms with Gasteiger partial charge >= 0.3 is 0 Å². The van der Waals surface area contributed by atoms with Crippen LogP contribution in [0.15, 0.2) is 114 Å². The van der Waals surface area contributed by atoms with Crippen molar-refractivity contribution < 1.29 is 22.7 Å². The number of rotatable bonds is 15. The largest absolute Gasteiger partial charge is 0.497 e. The monoisotopic (exact) mass is 647 g/mol. The number of unbranched alkanes of at least 4 members (excludes halogenated alkanes) is 1. The van der Waals surface area contributed by atoms with E-state index in [1.165, 1.54) is 24.1 Å². The lowest BCUT2D eigenvalue weighted by Crippen LogP contribution is -2.53. The van der Waals surface area contributed by atoms with E-state index < -0.39 is 28.5 Å². The molecule has 4 aromatic carbocycles. The molecule has 0 unspecified atom stereocenters. The van der Waals surface area contributed by atoms with Crippen molar-refractivity contribution in [2.75, 3.05) is 24.5 Å². The number of halogens is 1. The van der Waals surface area contributed by atoms with Crippen molar-refractivity contribution in [3.63, 3.8) is 0 Å². The molecule has 0 bridgehead atoms. The summed E-state index contributed by atoms with van der Waals surface area (Å²) in [5.41, 5.74) is 1.76. The Kier molecular flexibility index (Phi) is 12.0. The van der Waals surface area contributed by atoms with Crippen molar-refractivity contribution in [1.82, 2.24) is 10.2 Å². The van der Waals surface area contributed by atoms with Crippen molar-refractivity contribution in [3.8, 4) is 5.75 Å². The van der Waals surface area contributed by atoms with Crippen LogP contribution in [-0.4, -0.2) is 51.4 Å². The SMILES string of the molecule is CCCCNC(=O)[C@H](Cc1ccccc1)N(Cc1ccccc1Cl)C(=O)CN(c1ccc(OC)cc1)S(=O)(=O)c1ccccc1. The van der Waals surface area contributed by atoms with E-state index in [4.69, 9.17) is 16.3 Å². The van der Waals surface area contributed by atoms with Gasteiger partial charge in [0, 0.05) is 24.5 Å². The maximum Gasteiger partial charge on any atom is 0.264 e. The Morgan fingerprint density at radius 2 is 1.49 bits per heavy atom. The lowest BCUT2D eigenvalue weighted by Gasteiger charge is -2.34. The van der Waals surface area contributed by atoms with Crippen molar-refractivity contribution in [2.45, 2.75) is 43.7 Å². The second-order valence-electron chi connectivity index (χ2n) is 10.5. The van der Waals surface area contributed by atoms with Gasteiger partial charge in [0.1, 0.15) is 18.3 Å². The Bertz CT molecular complexity index is 1650. The van der Waals surface area contributed by atoms with Crippen molar-refractivity contribution in [2.24, 2.45) is 0 Å². The number of carbonyl (C=O) groups is 2. The molecule has 0 spiro atoms. The van der Waals surface area contributed by atoms with Gasteiger partial charge in [-0.3, -0.25) is 13.9 Å². The first kappa shape index (κ1) is 33.6. The van der Waals surface area contributed by atoms with Crippen LogP contribution in [0, 0.1) is 0 Å². The minimum Gasteiger partial charge on any atom is -0.497 e. The summed E-state index contributed by atoms with van der Waals surface area (Å²) in [5.74, 6) is -0.347. The Hall–Kier alpha value is -4.34. The molecule has 1 N–H and O–H groups in total. The fourth-order valence-corrected chi connectivity index (χ4v) is 6.50. The minimum absolute atomic E-state index is 0.000951. The zero-order valence-corrected chi connectivity index (χ0v) is 27.0. The third-order valence-electron chi connectivity index (χ3n) is 7.37. The van der Waals surface area contributed by atoms with Gasteiger partial charge in [-0.25, -0.2) is 8.42 Å². The third kappa shape index (κ3) is 8.86. The van der Waals surface area contributed by atoms with Gasteiger partial charge < -0.3 is 15.0 Å². The Labute approximate surface area is 270 Å². The summed E-state index contributed by atoms with van der Waals surface area (Å²) in [4.78, 5) is 29.8. The van der Waals surface area contributed by atoms with E-state index in [0.29, 0.717) is 22.9 Å². The number of amides is 2. The maximum absolute atomic E-state index is 14.5. The maximum atomic E-state index is 14.5. The smallest absolute Gasteiger partial charge is 0.264 e. The summed E-state index contributed by atoms with van der Waals surface area (Å²) in [6, 6.07) is 30.0. The van der Waals surface area contributed by atoms with Crippen molar-refractivity contribution in [3.05, 3.63) is 125 Å². The summed E-state index contributed by atoms with van der Waals surface area (Å²) in [7, 11) is -2.67. The molecule has 236 valence electrons. The molecule has 8 nitrogen and oxygen atoms in total. The van der Waals surface area contributed by atoms with E-state index >= 15 is 0 Å². The van der Waals surface area contributed by atoms with Crippen LogP contribution in [-0.2, 0) is 32.6 Å². The number of carbonyl (C=O) groups excluding carboxylic acids is 2. The summed E-state index contributed by atoms with van der Waals surface area (Å²) in [5, 5.41) is 3.42. The van der Waals surface area contributed by atoms with Crippen LogP contribution in [0.2, 0.25) is 5.02 Å². The molecule has 0 aliphatic carbocycles. The van der Waals surface area contributed by atoms with E-state index in [1.807, 2.05) is 37.3 Å². The van der Waals surface area contributed by atoms with Gasteiger partial charge in [-0.2, -0.15) is 0 Å². The number of hydrogen-bond donors (Lipinski definition) is 1. The van der Waals surface area contributed by atoms with E-state index in [2.05, 4.69) is 5.32 Å². The molecule has 0 saturated heterocycles. The van der Waals surface area contributed by atoms with Gasteiger partial charge in [0.25, 0.3) is 10.0 Å². The Morgan fingerprint density at radius 1 is 0.867 bits per heavy atom. The molecule has 0 radical (unpaired) electrons. The molecule has 0 aromatic heterocycles. The van der Waals surface area contributed by atoms with Crippen LogP contribution in [0.1, 0.15) is 30.9 Å². The molecule has 4 aromatic rings. The molecule has 0 aliphatic heterocycles. The first-order valence-corrected chi connectivity index (χ1v) is 16.6. The second-order valence-corrected chi connectivity index (χ2v) is 12.8. The van der Waals surface area contributed by atoms with Gasteiger partial charge in [-0.15, -0.1) is 0 Å². The highest BCUT2D eigenvalue weighted by Gasteiger charge is 2.34. The zero-order valence-electron chi connectivity index (χ0n) is 25.4. The number of nitrogens with one attached hydrogen (secondary N) is 1. The number of hydrogen-bond acceptors (Lipinski definition) is 5. The first-order chi connectivity index (χ1) is 21.7. The van der Waals surface area contributed by atoms with Crippen LogP contribution < -0.4 is 14.4 Å². The molecule has 0 fully saturated rings. The number of benzene rings is 4. The van der Waals surface area contributed by atoms with Gasteiger partial charge in [-0.1, -0.05) is 91.7 Å². The normalized spacial score (nSPS) is 11.8. The Morgan fingerprint density at radius 3 is 2.11 bits per heavy atom. The molecular formula is C35H38ClN3O5S. The van der Waals surface area contributed by atoms with Crippen LogP contribution in [0.5, 0.6) is 5.75 Å². The predicted octanol–water partition coefficient (Wildman–Crippen LogP) is 6.10. The van der Waals surface area contributed by atoms with E-state index in [1.54, 1.807) is 66.7 Å². The van der Waals surface area contributed by atoms with Crippen LogP contribution >= 0.6 is 11.6 Å². The van der Waals surface area contributed by atoms with Crippen LogP contribution in [0.4, 0.5) is 5.69 Å². The second kappa shape index (κ2) is 16.1. The lowest BCUT2D eigenvalue weighted by atomic mass is 10.0. The highest BCUT2D eigenvalue weighted by atomic mass is 35.5. The van der Waals surface area contributed by atoms with Gasteiger partial charge in [-0.05, 0) is 60.0 Å². The average Bonchev–Trinajstić information content (AvgIpc) is 3.07. The fraction of sp³-hybridized carbons (Fsp3) is 0.257. The number of nitrogens with zero attached hydrogens (tertiary/aromatic N) is 2. The van der Waals surface area contributed by atoms with Gasteiger partial charge in [0.2, 0.25) is 11.8 Å². The van der Waals surface area contributed by atoms with Crippen molar-refractivity contribution >= 4 is 39.1 Å². The first-order valence-electron chi connectivity index (χ1n) is 14.8. The molecule has 0 aliphatic rings. The van der Waals surface area contributed by atoms with Crippen molar-refractivity contribution in [1.29, 1.82) is 0 Å². The highest BCUT2D eigenvalue weighted by Crippen LogP contribution is 2.27. The molecule has 4 rings (SSSR count). The molecule has 45 heavy (non-hydrogen) atoms. The van der Waals surface area contributed by atoms with Gasteiger partial charge in [0.15, 0.2) is 0 Å². The molecule has 0 saturated carbocycles. The van der Waals surface area contributed by atoms with Crippen LogP contribution in [0.25, 0.3) is 0 Å². The summed E-state index contributed by atoms with van der Waals surface area (Å²) in [6.45, 7) is 1.93. The molecule has 1 atom stereocenters. The predicted molar refractivity (Wildman–Crippen MR) is 178 cm³/mol. The Balaban J connectivity index is 1.79. The van der Waals surface area contributed by atoms with Crippen LogP contribution in [0.3, 0.4) is 0 Å². The minimum atomic E-state index is -4.19. The quantitative estimate of drug-likeness (QED) is 0.157. The third-order valence-corrected chi connectivity index (χ3v) is 9.53. The fourth-order valence-electron chi connectivity index (χ4n) is 4.87. The molecule has 0 heterocycles. The standard InChI is InChI=1S/C35H38ClN3O5S/c1-3-4-23-37-35(41)33(24-27-13-7-5-8-14-27)38(25-28-15-11-12-18-32(28)36)34(40)26-39(29-19-21-30(44-2)22-20-29)45(42,43)31-16-9-6-10-17-31/h5-22,33H,3-4,23-26H2,1-2H3,(H,37,41)/t33-/m0/s1. The topological polar surface area (TPSA) is 96.0 Å². The average molecular weight is 648 g/mol. The van der Waals surface area contributed by atoms with E-state index in [-0.39, 0.29) is 29.5 Å². The zero-order chi connectivity index (χ0) is 32.2. The molecule has 10 heteroatoms. The van der Waals surface area contributed by atoms with E-state index in [9.17, 15) is 18.0 Å². The number of methoxy groups -OCH3 is 1. The number of ether oxygens (including phenoxy) is 1. The number of sulfonamides is 1. The summed E-state index contributed by atoms with van der Waals surface area (Å²) < 4.78 is 34.4. The van der Waals surface area contributed by atoms with E-state index in [0.717, 1.165) is 22.7 Å². The molecular weight excluding hydrogens is 610 g/mol. The number of anilines is 1. The summed E-state index contributed by atoms with van der Waals surface area (Å²) in [6.07, 6.45) is 1.89. The summed E-state index contributed by atoms with van der Waals surface area (Å²) >= 11 is 6.55. The molecule has 2 amide bonds. The lowest BCUT2D eigenvalue weighted by molar-refractivity contribution is -0.140. The highest BCUT2D eigenvalue weighted by molar-refractivity contribution is 7.92.